The normalized spacial score (nSPS) is 15.3. The molecule has 0 bridgehead atoms. The van der Waals surface area contributed by atoms with Crippen LogP contribution in [0.1, 0.15) is 44.8 Å². The third-order valence-electron chi connectivity index (χ3n) is 4.87. The van der Waals surface area contributed by atoms with E-state index in [1.807, 2.05) is 38.1 Å². The average Bonchev–Trinajstić information content (AvgIpc) is 3.38. The second kappa shape index (κ2) is 6.09. The Morgan fingerprint density at radius 3 is 2.62 bits per heavy atom. The van der Waals surface area contributed by atoms with Crippen molar-refractivity contribution in [1.82, 2.24) is 14.0 Å². The Bertz CT molecular complexity index is 1100. The second-order valence-electron chi connectivity index (χ2n) is 7.03. The van der Waals surface area contributed by atoms with Crippen molar-refractivity contribution in [3.8, 4) is 0 Å². The van der Waals surface area contributed by atoms with Crippen LogP contribution in [-0.4, -0.2) is 30.7 Å². The lowest BCUT2D eigenvalue weighted by molar-refractivity contribution is -0.119. The number of benzene rings is 1. The Morgan fingerprint density at radius 1 is 1.31 bits per heavy atom. The first-order valence-corrected chi connectivity index (χ1v) is 8.77. The van der Waals surface area contributed by atoms with Crippen molar-refractivity contribution in [1.29, 1.82) is 0 Å². The van der Waals surface area contributed by atoms with Gasteiger partial charge in [0.25, 0.3) is 5.56 Å². The highest BCUT2D eigenvalue weighted by molar-refractivity contribution is 6.14. The molecule has 0 saturated heterocycles. The summed E-state index contributed by atoms with van der Waals surface area (Å²) in [6, 6.07) is 7.54. The molecule has 2 aromatic heterocycles. The van der Waals surface area contributed by atoms with E-state index in [9.17, 15) is 14.8 Å². The summed E-state index contributed by atoms with van der Waals surface area (Å²) in [4.78, 5) is 29.7. The van der Waals surface area contributed by atoms with E-state index >= 15 is 0 Å². The standard InChI is InChI=1S/C19H20N4O3/c1-11(2)23-15-6-4-3-5-14(15)22-10-20-17(18(22)19(23)25)13(21-26)9-16(24)12-7-8-12/h3-6,10-12,26H,7-9H2,1-2H3/b21-13+. The fourth-order valence-electron chi connectivity index (χ4n) is 3.44. The number of carbonyl (C=O) groups is 1. The first-order valence-electron chi connectivity index (χ1n) is 8.77. The van der Waals surface area contributed by atoms with Gasteiger partial charge in [-0.1, -0.05) is 17.3 Å². The highest BCUT2D eigenvalue weighted by Crippen LogP contribution is 2.31. The molecule has 7 heteroatoms. The Kier molecular flexibility index (Phi) is 3.86. The summed E-state index contributed by atoms with van der Waals surface area (Å²) in [6.45, 7) is 3.89. The first-order chi connectivity index (χ1) is 12.5. The van der Waals surface area contributed by atoms with Gasteiger partial charge in [0, 0.05) is 12.0 Å². The molecule has 1 N–H and O–H groups in total. The van der Waals surface area contributed by atoms with Crippen molar-refractivity contribution in [3.63, 3.8) is 0 Å². The number of Topliss-reactive ketones (excluding diaryl/α,β-unsaturated/α-hetero) is 1. The largest absolute Gasteiger partial charge is 0.411 e. The molecule has 0 unspecified atom stereocenters. The lowest BCUT2D eigenvalue weighted by atomic mass is 10.1. The number of fused-ring (bicyclic) bond motifs is 3. The third-order valence-corrected chi connectivity index (χ3v) is 4.87. The molecule has 7 nitrogen and oxygen atoms in total. The highest BCUT2D eigenvalue weighted by Gasteiger charge is 2.31. The molecular weight excluding hydrogens is 332 g/mol. The average molecular weight is 352 g/mol. The van der Waals surface area contributed by atoms with Gasteiger partial charge in [0.05, 0.1) is 17.5 Å². The minimum absolute atomic E-state index is 0.0121. The Hall–Kier alpha value is -2.96. The van der Waals surface area contributed by atoms with Crippen molar-refractivity contribution >= 4 is 28.0 Å². The van der Waals surface area contributed by atoms with Crippen LogP contribution in [0.3, 0.4) is 0 Å². The van der Waals surface area contributed by atoms with Crippen molar-refractivity contribution in [2.24, 2.45) is 11.1 Å². The number of hydrogen-bond acceptors (Lipinski definition) is 5. The minimum Gasteiger partial charge on any atom is -0.411 e. The molecule has 0 aliphatic heterocycles. The molecule has 4 rings (SSSR count). The summed E-state index contributed by atoms with van der Waals surface area (Å²) in [5.41, 5.74) is 2.17. The fourth-order valence-corrected chi connectivity index (χ4v) is 3.44. The Balaban J connectivity index is 1.97. The molecular formula is C19H20N4O3. The number of para-hydroxylation sites is 2. The van der Waals surface area contributed by atoms with Gasteiger partial charge in [-0.05, 0) is 38.8 Å². The number of carbonyl (C=O) groups excluding carboxylic acids is 1. The molecule has 26 heavy (non-hydrogen) atoms. The maximum atomic E-state index is 13.2. The lowest BCUT2D eigenvalue weighted by Crippen LogP contribution is -2.26. The van der Waals surface area contributed by atoms with E-state index in [0.717, 1.165) is 23.9 Å². The quantitative estimate of drug-likeness (QED) is 0.434. The van der Waals surface area contributed by atoms with Crippen LogP contribution in [-0.2, 0) is 4.79 Å². The molecule has 0 radical (unpaired) electrons. The topological polar surface area (TPSA) is 89.0 Å². The summed E-state index contributed by atoms with van der Waals surface area (Å²) in [5.74, 6) is 0.0812. The molecule has 1 aliphatic carbocycles. The van der Waals surface area contributed by atoms with Crippen LogP contribution < -0.4 is 5.56 Å². The van der Waals surface area contributed by atoms with E-state index < -0.39 is 0 Å². The zero-order valence-corrected chi connectivity index (χ0v) is 14.7. The van der Waals surface area contributed by atoms with E-state index in [1.165, 1.54) is 0 Å². The molecule has 1 fully saturated rings. The molecule has 1 aromatic carbocycles. The molecule has 3 aromatic rings. The number of ketones is 1. The molecule has 0 atom stereocenters. The van der Waals surface area contributed by atoms with Gasteiger partial charge in [0.2, 0.25) is 0 Å². The number of imidazole rings is 1. The van der Waals surface area contributed by atoms with Gasteiger partial charge in [-0.15, -0.1) is 0 Å². The first kappa shape index (κ1) is 16.5. The van der Waals surface area contributed by atoms with Gasteiger partial charge < -0.3 is 9.77 Å². The van der Waals surface area contributed by atoms with Crippen molar-refractivity contribution < 1.29 is 10.0 Å². The number of nitrogens with zero attached hydrogens (tertiary/aromatic N) is 4. The van der Waals surface area contributed by atoms with Gasteiger partial charge in [-0.25, -0.2) is 4.98 Å². The van der Waals surface area contributed by atoms with E-state index in [2.05, 4.69) is 10.1 Å². The molecule has 1 aliphatic rings. The van der Waals surface area contributed by atoms with Crippen molar-refractivity contribution in [2.45, 2.75) is 39.2 Å². The van der Waals surface area contributed by atoms with E-state index in [0.29, 0.717) is 5.52 Å². The summed E-state index contributed by atoms with van der Waals surface area (Å²) >= 11 is 0. The molecule has 0 amide bonds. The summed E-state index contributed by atoms with van der Waals surface area (Å²) in [5, 5.41) is 12.8. The molecule has 0 spiro atoms. The van der Waals surface area contributed by atoms with E-state index in [-0.39, 0.29) is 41.1 Å². The summed E-state index contributed by atoms with van der Waals surface area (Å²) in [6.07, 6.45) is 3.30. The van der Waals surface area contributed by atoms with Crippen LogP contribution in [0.15, 0.2) is 40.5 Å². The number of hydrogen-bond donors (Lipinski definition) is 1. The number of rotatable bonds is 5. The van der Waals surface area contributed by atoms with Gasteiger partial charge >= 0.3 is 0 Å². The Morgan fingerprint density at radius 2 is 2.00 bits per heavy atom. The SMILES string of the molecule is CC(C)n1c(=O)c2c(/C(CC(=O)C3CC3)=N/O)ncn2c2ccccc21. The van der Waals surface area contributed by atoms with Crippen LogP contribution in [0.25, 0.3) is 16.6 Å². The smallest absolute Gasteiger partial charge is 0.277 e. The van der Waals surface area contributed by atoms with Crippen LogP contribution in [0.5, 0.6) is 0 Å². The van der Waals surface area contributed by atoms with Crippen LogP contribution in [0.2, 0.25) is 0 Å². The summed E-state index contributed by atoms with van der Waals surface area (Å²) in [7, 11) is 0. The van der Waals surface area contributed by atoms with Gasteiger partial charge in [-0.3, -0.25) is 14.0 Å². The maximum absolute atomic E-state index is 13.2. The highest BCUT2D eigenvalue weighted by atomic mass is 16.4. The third kappa shape index (κ3) is 2.51. The Labute approximate surface area is 149 Å². The van der Waals surface area contributed by atoms with E-state index in [1.54, 1.807) is 15.3 Å². The fraction of sp³-hybridized carbons (Fsp3) is 0.368. The van der Waals surface area contributed by atoms with Gasteiger partial charge in [0.15, 0.2) is 0 Å². The number of oxime groups is 1. The predicted molar refractivity (Wildman–Crippen MR) is 98.0 cm³/mol. The molecule has 134 valence electrons. The minimum atomic E-state index is -0.216. The second-order valence-corrected chi connectivity index (χ2v) is 7.03. The van der Waals surface area contributed by atoms with Gasteiger partial charge in [-0.2, -0.15) is 0 Å². The van der Waals surface area contributed by atoms with Crippen molar-refractivity contribution in [3.05, 3.63) is 46.6 Å². The molecule has 1 saturated carbocycles. The lowest BCUT2D eigenvalue weighted by Gasteiger charge is -2.15. The van der Waals surface area contributed by atoms with Crippen LogP contribution >= 0.6 is 0 Å². The predicted octanol–water partition coefficient (Wildman–Crippen LogP) is 2.78. The van der Waals surface area contributed by atoms with E-state index in [4.69, 9.17) is 0 Å². The zero-order chi connectivity index (χ0) is 18.4. The van der Waals surface area contributed by atoms with Crippen molar-refractivity contribution in [2.75, 3.05) is 0 Å². The van der Waals surface area contributed by atoms with Gasteiger partial charge in [0.1, 0.15) is 29.0 Å². The van der Waals surface area contributed by atoms with Crippen LogP contribution in [0, 0.1) is 5.92 Å². The van der Waals surface area contributed by atoms with Crippen LogP contribution in [0.4, 0.5) is 0 Å². The zero-order valence-electron chi connectivity index (χ0n) is 14.7. The summed E-state index contributed by atoms with van der Waals surface area (Å²) < 4.78 is 3.41. The maximum Gasteiger partial charge on any atom is 0.277 e. The monoisotopic (exact) mass is 352 g/mol. The molecule has 2 heterocycles. The number of aromatic nitrogens is 3.